The fourth-order valence-electron chi connectivity index (χ4n) is 3.37. The van der Waals surface area contributed by atoms with Gasteiger partial charge in [0.15, 0.2) is 0 Å². The van der Waals surface area contributed by atoms with Gasteiger partial charge in [-0.1, -0.05) is 13.8 Å². The van der Waals surface area contributed by atoms with Crippen LogP contribution in [-0.2, 0) is 4.79 Å². The minimum Gasteiger partial charge on any atom is -0.496 e. The summed E-state index contributed by atoms with van der Waals surface area (Å²) in [4.78, 5) is 28.6. The molecule has 0 bridgehead atoms. The maximum atomic E-state index is 12.6. The number of urea groups is 1. The Hall–Kier alpha value is -2.24. The van der Waals surface area contributed by atoms with Gasteiger partial charge in [0.1, 0.15) is 11.8 Å². The highest BCUT2D eigenvalue weighted by Gasteiger charge is 2.34. The highest BCUT2D eigenvalue weighted by atomic mass is 16.5. The predicted octanol–water partition coefficient (Wildman–Crippen LogP) is 3.03. The summed E-state index contributed by atoms with van der Waals surface area (Å²) in [6.07, 6.45) is 0. The number of rotatable bonds is 4. The molecule has 0 aliphatic carbocycles. The first-order valence-electron chi connectivity index (χ1n) is 8.76. The van der Waals surface area contributed by atoms with Crippen LogP contribution >= 0.6 is 0 Å². The van der Waals surface area contributed by atoms with E-state index < -0.39 is 6.04 Å². The second-order valence-corrected chi connectivity index (χ2v) is 7.12. The molecular weight excluding hydrogens is 318 g/mol. The van der Waals surface area contributed by atoms with Crippen LogP contribution in [0, 0.1) is 19.8 Å². The molecule has 138 valence electrons. The number of nitrogens with zero attached hydrogens (tertiary/aromatic N) is 2. The van der Waals surface area contributed by atoms with E-state index in [9.17, 15) is 9.59 Å². The third kappa shape index (κ3) is 4.24. The molecule has 6 heteroatoms. The number of carbonyl (C=O) groups excluding carboxylic acids is 2. The van der Waals surface area contributed by atoms with Gasteiger partial charge in [-0.3, -0.25) is 4.79 Å². The molecule has 6 nitrogen and oxygen atoms in total. The fourth-order valence-corrected chi connectivity index (χ4v) is 3.37. The molecule has 0 aromatic heterocycles. The van der Waals surface area contributed by atoms with Gasteiger partial charge in [-0.2, -0.15) is 0 Å². The summed E-state index contributed by atoms with van der Waals surface area (Å²) in [6, 6.07) is 3.07. The number of hydrogen-bond donors (Lipinski definition) is 1. The molecule has 2 rings (SSSR count). The van der Waals surface area contributed by atoms with Crippen LogP contribution in [0.15, 0.2) is 12.1 Å². The molecule has 1 aliphatic heterocycles. The minimum absolute atomic E-state index is 0.0113. The zero-order valence-electron chi connectivity index (χ0n) is 16.0. The third-order valence-corrected chi connectivity index (χ3v) is 4.51. The van der Waals surface area contributed by atoms with Crippen molar-refractivity contribution in [2.75, 3.05) is 32.1 Å². The van der Waals surface area contributed by atoms with Crippen LogP contribution in [0.3, 0.4) is 0 Å². The Morgan fingerprint density at radius 2 is 1.88 bits per heavy atom. The monoisotopic (exact) mass is 347 g/mol. The lowest BCUT2D eigenvalue weighted by Gasteiger charge is -2.39. The van der Waals surface area contributed by atoms with Crippen molar-refractivity contribution >= 4 is 17.6 Å². The van der Waals surface area contributed by atoms with Gasteiger partial charge in [0.25, 0.3) is 0 Å². The Labute approximate surface area is 150 Å². The molecule has 1 aromatic carbocycles. The van der Waals surface area contributed by atoms with Crippen molar-refractivity contribution in [1.82, 2.24) is 9.80 Å². The van der Waals surface area contributed by atoms with Crippen molar-refractivity contribution in [3.63, 3.8) is 0 Å². The Morgan fingerprint density at radius 3 is 2.40 bits per heavy atom. The van der Waals surface area contributed by atoms with Gasteiger partial charge in [-0.25, -0.2) is 4.79 Å². The van der Waals surface area contributed by atoms with Gasteiger partial charge in [0.05, 0.1) is 7.11 Å². The molecular formula is C19H29N3O3. The largest absolute Gasteiger partial charge is 0.496 e. The molecule has 1 aliphatic rings. The summed E-state index contributed by atoms with van der Waals surface area (Å²) in [7, 11) is 1.64. The highest BCUT2D eigenvalue weighted by Crippen LogP contribution is 2.27. The number of carbonyl (C=O) groups is 2. The number of anilines is 1. The average molecular weight is 347 g/mol. The molecule has 1 atom stereocenters. The Balaban J connectivity index is 2.08. The number of aryl methyl sites for hydroxylation is 2. The summed E-state index contributed by atoms with van der Waals surface area (Å²) in [5.74, 6) is 1.25. The summed E-state index contributed by atoms with van der Waals surface area (Å²) < 4.78 is 5.35. The zero-order chi connectivity index (χ0) is 18.7. The van der Waals surface area contributed by atoms with Crippen LogP contribution in [0.25, 0.3) is 0 Å². The van der Waals surface area contributed by atoms with Gasteiger partial charge in [-0.15, -0.1) is 0 Å². The van der Waals surface area contributed by atoms with E-state index in [1.165, 1.54) is 0 Å². The Kier molecular flexibility index (Phi) is 5.93. The number of amides is 3. The Bertz CT molecular complexity index is 634. The van der Waals surface area contributed by atoms with Crippen molar-refractivity contribution in [1.29, 1.82) is 0 Å². The second kappa shape index (κ2) is 7.76. The summed E-state index contributed by atoms with van der Waals surface area (Å²) in [6.45, 7) is 11.7. The van der Waals surface area contributed by atoms with E-state index in [1.54, 1.807) is 18.9 Å². The van der Waals surface area contributed by atoms with Crippen LogP contribution in [0.1, 0.15) is 31.9 Å². The molecule has 0 saturated carbocycles. The van der Waals surface area contributed by atoms with Crippen molar-refractivity contribution in [2.24, 2.45) is 5.92 Å². The molecule has 3 amide bonds. The number of hydrogen-bond acceptors (Lipinski definition) is 3. The third-order valence-electron chi connectivity index (χ3n) is 4.51. The van der Waals surface area contributed by atoms with Gasteiger partial charge in [0.2, 0.25) is 5.91 Å². The number of benzene rings is 1. The standard InChI is InChI=1S/C19H29N3O3/c1-12(2)11-21-7-8-22(15(5)18(21)23)19(24)20-16-9-13(3)17(25-6)14(4)10-16/h9-10,12,15H,7-8,11H2,1-6H3,(H,20,24). The summed E-state index contributed by atoms with van der Waals surface area (Å²) in [5, 5.41) is 2.91. The normalized spacial score (nSPS) is 17.9. The molecule has 1 saturated heterocycles. The number of piperazine rings is 1. The maximum absolute atomic E-state index is 12.6. The average Bonchev–Trinajstić information content (AvgIpc) is 2.51. The van der Waals surface area contributed by atoms with Crippen LogP contribution < -0.4 is 10.1 Å². The molecule has 1 unspecified atom stereocenters. The fraction of sp³-hybridized carbons (Fsp3) is 0.579. The van der Waals surface area contributed by atoms with Gasteiger partial charge >= 0.3 is 6.03 Å². The van der Waals surface area contributed by atoms with E-state index in [-0.39, 0.29) is 11.9 Å². The molecule has 1 heterocycles. The van der Waals surface area contributed by atoms with Gasteiger partial charge in [0, 0.05) is 25.3 Å². The van der Waals surface area contributed by atoms with Crippen LogP contribution in [0.2, 0.25) is 0 Å². The van der Waals surface area contributed by atoms with Crippen LogP contribution in [0.4, 0.5) is 10.5 Å². The molecule has 0 spiro atoms. The maximum Gasteiger partial charge on any atom is 0.322 e. The molecule has 1 N–H and O–H groups in total. The van der Waals surface area contributed by atoms with E-state index >= 15 is 0 Å². The summed E-state index contributed by atoms with van der Waals surface area (Å²) >= 11 is 0. The van der Waals surface area contributed by atoms with E-state index in [0.29, 0.717) is 24.7 Å². The first-order chi connectivity index (χ1) is 11.7. The number of ether oxygens (including phenoxy) is 1. The predicted molar refractivity (Wildman–Crippen MR) is 99.1 cm³/mol. The van der Waals surface area contributed by atoms with E-state index in [4.69, 9.17) is 4.74 Å². The molecule has 1 fully saturated rings. The van der Waals surface area contributed by atoms with Crippen molar-refractivity contribution in [2.45, 2.75) is 40.7 Å². The molecule has 0 radical (unpaired) electrons. The lowest BCUT2D eigenvalue weighted by atomic mass is 10.1. The lowest BCUT2D eigenvalue weighted by Crippen LogP contribution is -2.58. The zero-order valence-corrected chi connectivity index (χ0v) is 16.0. The van der Waals surface area contributed by atoms with Gasteiger partial charge < -0.3 is 19.9 Å². The van der Waals surface area contributed by atoms with E-state index in [1.807, 2.05) is 30.9 Å². The number of nitrogens with one attached hydrogen (secondary N) is 1. The smallest absolute Gasteiger partial charge is 0.322 e. The summed E-state index contributed by atoms with van der Waals surface area (Å²) in [5.41, 5.74) is 2.64. The SMILES string of the molecule is COc1c(C)cc(NC(=O)N2CCN(CC(C)C)C(=O)C2C)cc1C. The lowest BCUT2D eigenvalue weighted by molar-refractivity contribution is -0.139. The van der Waals surface area contributed by atoms with Crippen molar-refractivity contribution < 1.29 is 14.3 Å². The minimum atomic E-state index is -0.451. The van der Waals surface area contributed by atoms with Crippen molar-refractivity contribution in [3.8, 4) is 5.75 Å². The first-order valence-corrected chi connectivity index (χ1v) is 8.76. The molecule has 25 heavy (non-hydrogen) atoms. The quantitative estimate of drug-likeness (QED) is 0.911. The van der Waals surface area contributed by atoms with E-state index in [0.717, 1.165) is 23.4 Å². The van der Waals surface area contributed by atoms with Crippen molar-refractivity contribution in [3.05, 3.63) is 23.3 Å². The second-order valence-electron chi connectivity index (χ2n) is 7.12. The highest BCUT2D eigenvalue weighted by molar-refractivity contribution is 5.94. The van der Waals surface area contributed by atoms with Crippen LogP contribution in [-0.4, -0.2) is 54.5 Å². The Morgan fingerprint density at radius 1 is 1.28 bits per heavy atom. The van der Waals surface area contributed by atoms with Crippen LogP contribution in [0.5, 0.6) is 5.75 Å². The molecule has 1 aromatic rings. The van der Waals surface area contributed by atoms with Gasteiger partial charge in [-0.05, 0) is 49.9 Å². The number of methoxy groups -OCH3 is 1. The van der Waals surface area contributed by atoms with E-state index in [2.05, 4.69) is 19.2 Å². The first kappa shape index (κ1) is 19.1. The topological polar surface area (TPSA) is 61.9 Å².